The second-order valence-electron chi connectivity index (χ2n) is 7.16. The maximum Gasteiger partial charge on any atom is 0.194 e. The summed E-state index contributed by atoms with van der Waals surface area (Å²) in [7, 11) is 0. The third-order valence-corrected chi connectivity index (χ3v) is 9.82. The predicted molar refractivity (Wildman–Crippen MR) is 113 cm³/mol. The zero-order valence-electron chi connectivity index (χ0n) is 17.1. The van der Waals surface area contributed by atoms with Crippen molar-refractivity contribution in [3.8, 4) is 0 Å². The zero-order valence-corrected chi connectivity index (χ0v) is 18.8. The molecule has 0 unspecified atom stereocenters. The summed E-state index contributed by atoms with van der Waals surface area (Å²) >= 11 is 6.00. The molecule has 0 fully saturated rings. The topological polar surface area (TPSA) is 18.5 Å². The predicted octanol–water partition coefficient (Wildman–Crippen LogP) is 7.85. The van der Waals surface area contributed by atoms with Crippen LogP contribution in [-0.4, -0.2) is 18.4 Å². The van der Waals surface area contributed by atoms with E-state index in [4.69, 9.17) is 20.9 Å². The molecule has 0 aliphatic heterocycles. The standard InChI is InChI=1S/C20H43O2PS/c1-6-10-12-14-16-18-20(5,19-17-15-13-11-7-2)23(24,21-8-3)22-9-4/h6-19H2,1-5H3. The highest BCUT2D eigenvalue weighted by molar-refractivity contribution is 8.10. The van der Waals surface area contributed by atoms with Crippen LogP contribution in [0.2, 0.25) is 0 Å². The van der Waals surface area contributed by atoms with Crippen molar-refractivity contribution in [1.82, 2.24) is 0 Å². The highest BCUT2D eigenvalue weighted by atomic mass is 32.5. The van der Waals surface area contributed by atoms with Gasteiger partial charge in [0.2, 0.25) is 0 Å². The van der Waals surface area contributed by atoms with Gasteiger partial charge in [0.05, 0.1) is 13.2 Å². The van der Waals surface area contributed by atoms with Gasteiger partial charge in [0, 0.05) is 5.16 Å². The number of hydrogen-bond donors (Lipinski definition) is 0. The summed E-state index contributed by atoms with van der Waals surface area (Å²) in [6.45, 7) is 10.1. The quantitative estimate of drug-likeness (QED) is 0.190. The van der Waals surface area contributed by atoms with Gasteiger partial charge < -0.3 is 9.05 Å². The third kappa shape index (κ3) is 9.32. The van der Waals surface area contributed by atoms with Gasteiger partial charge in [-0.2, -0.15) is 0 Å². The molecule has 2 nitrogen and oxygen atoms in total. The van der Waals surface area contributed by atoms with Crippen LogP contribution in [0.15, 0.2) is 0 Å². The van der Waals surface area contributed by atoms with E-state index in [1.807, 2.05) is 13.8 Å². The maximum atomic E-state index is 6.10. The highest BCUT2D eigenvalue weighted by Crippen LogP contribution is 2.64. The Kier molecular flexibility index (Phi) is 15.1. The van der Waals surface area contributed by atoms with Crippen LogP contribution in [0.1, 0.15) is 112 Å². The fourth-order valence-electron chi connectivity index (χ4n) is 3.31. The summed E-state index contributed by atoms with van der Waals surface area (Å²) < 4.78 is 12.2. The first kappa shape index (κ1) is 24.6. The van der Waals surface area contributed by atoms with Crippen molar-refractivity contribution < 1.29 is 9.05 Å². The summed E-state index contributed by atoms with van der Waals surface area (Å²) in [4.78, 5) is 0. The molecule has 0 aliphatic carbocycles. The van der Waals surface area contributed by atoms with E-state index in [0.29, 0.717) is 13.2 Å². The minimum atomic E-state index is -2.22. The van der Waals surface area contributed by atoms with E-state index in [0.717, 1.165) is 12.8 Å². The van der Waals surface area contributed by atoms with Gasteiger partial charge in [-0.05, 0) is 38.5 Å². The van der Waals surface area contributed by atoms with Crippen LogP contribution in [-0.2, 0) is 20.9 Å². The lowest BCUT2D eigenvalue weighted by molar-refractivity contribution is 0.237. The van der Waals surface area contributed by atoms with Crippen molar-refractivity contribution in [3.05, 3.63) is 0 Å². The summed E-state index contributed by atoms with van der Waals surface area (Å²) in [5.74, 6) is 0. The molecule has 146 valence electrons. The number of hydrogen-bond acceptors (Lipinski definition) is 3. The Bertz CT molecular complexity index is 310. The lowest BCUT2D eigenvalue weighted by atomic mass is 9.95. The highest BCUT2D eigenvalue weighted by Gasteiger charge is 2.41. The molecule has 0 aromatic rings. The summed E-state index contributed by atoms with van der Waals surface area (Å²) in [6.07, 6.45) is 15.4. The van der Waals surface area contributed by atoms with Crippen LogP contribution in [0.5, 0.6) is 0 Å². The van der Waals surface area contributed by atoms with E-state index >= 15 is 0 Å². The van der Waals surface area contributed by atoms with E-state index in [9.17, 15) is 0 Å². The molecule has 4 heteroatoms. The van der Waals surface area contributed by atoms with Crippen LogP contribution >= 0.6 is 6.49 Å². The smallest absolute Gasteiger partial charge is 0.194 e. The summed E-state index contributed by atoms with van der Waals surface area (Å²) in [6, 6.07) is 0. The van der Waals surface area contributed by atoms with E-state index < -0.39 is 6.49 Å². The molecule has 24 heavy (non-hydrogen) atoms. The molecule has 0 heterocycles. The van der Waals surface area contributed by atoms with Crippen LogP contribution in [0.25, 0.3) is 0 Å². The van der Waals surface area contributed by atoms with Gasteiger partial charge in [-0.25, -0.2) is 0 Å². The van der Waals surface area contributed by atoms with Crippen molar-refractivity contribution in [1.29, 1.82) is 0 Å². The first-order valence-electron chi connectivity index (χ1n) is 10.4. The Balaban J connectivity index is 4.78. The molecule has 0 aromatic carbocycles. The third-order valence-electron chi connectivity index (χ3n) is 4.90. The lowest BCUT2D eigenvalue weighted by Gasteiger charge is -2.40. The Morgan fingerprint density at radius 2 is 1.04 bits per heavy atom. The van der Waals surface area contributed by atoms with Gasteiger partial charge in [-0.1, -0.05) is 85.0 Å². The molecule has 0 saturated carbocycles. The van der Waals surface area contributed by atoms with Gasteiger partial charge in [0.1, 0.15) is 0 Å². The molecule has 0 atom stereocenters. The Morgan fingerprint density at radius 1 is 0.667 bits per heavy atom. The molecule has 0 radical (unpaired) electrons. The minimum absolute atomic E-state index is 0.0345. The fourth-order valence-corrected chi connectivity index (χ4v) is 6.73. The van der Waals surface area contributed by atoms with Crippen molar-refractivity contribution in [3.63, 3.8) is 0 Å². The Hall–Kier alpha value is 0.570. The molecule has 0 N–H and O–H groups in total. The van der Waals surface area contributed by atoms with Gasteiger partial charge in [0.25, 0.3) is 0 Å². The molecular formula is C20H43O2PS. The van der Waals surface area contributed by atoms with Crippen LogP contribution in [0.4, 0.5) is 0 Å². The van der Waals surface area contributed by atoms with E-state index in [1.165, 1.54) is 64.2 Å². The largest absolute Gasteiger partial charge is 0.329 e. The Morgan fingerprint density at radius 3 is 1.38 bits per heavy atom. The molecule has 0 amide bonds. The summed E-state index contributed by atoms with van der Waals surface area (Å²) in [5.41, 5.74) is 0. The Labute approximate surface area is 157 Å². The van der Waals surface area contributed by atoms with Crippen molar-refractivity contribution in [2.45, 2.75) is 117 Å². The molecule has 0 bridgehead atoms. The second kappa shape index (κ2) is 14.7. The number of rotatable bonds is 17. The second-order valence-corrected chi connectivity index (χ2v) is 11.2. The van der Waals surface area contributed by atoms with Gasteiger partial charge in [-0.15, -0.1) is 0 Å². The first-order chi connectivity index (χ1) is 11.5. The molecular weight excluding hydrogens is 335 g/mol. The zero-order chi connectivity index (χ0) is 18.3. The van der Waals surface area contributed by atoms with E-state index in [-0.39, 0.29) is 5.16 Å². The normalized spacial score (nSPS) is 12.7. The average molecular weight is 379 g/mol. The van der Waals surface area contributed by atoms with Crippen LogP contribution in [0, 0.1) is 0 Å². The molecule has 0 spiro atoms. The van der Waals surface area contributed by atoms with E-state index in [1.54, 1.807) is 0 Å². The average Bonchev–Trinajstić information content (AvgIpc) is 2.55. The van der Waals surface area contributed by atoms with Crippen molar-refractivity contribution >= 4 is 18.3 Å². The fraction of sp³-hybridized carbons (Fsp3) is 1.00. The SMILES string of the molecule is CCCCCCCC(C)(CCCCCCC)P(=S)(OCC)OCC. The molecule has 0 rings (SSSR count). The van der Waals surface area contributed by atoms with Gasteiger partial charge in [0.15, 0.2) is 6.49 Å². The van der Waals surface area contributed by atoms with Gasteiger partial charge in [-0.3, -0.25) is 0 Å². The van der Waals surface area contributed by atoms with Crippen LogP contribution in [0.3, 0.4) is 0 Å². The monoisotopic (exact) mass is 378 g/mol. The number of unbranched alkanes of at least 4 members (excludes halogenated alkanes) is 8. The summed E-state index contributed by atoms with van der Waals surface area (Å²) in [5, 5.41) is 0.0345. The van der Waals surface area contributed by atoms with Crippen molar-refractivity contribution in [2.75, 3.05) is 13.2 Å². The minimum Gasteiger partial charge on any atom is -0.329 e. The molecule has 0 saturated heterocycles. The van der Waals surface area contributed by atoms with Gasteiger partial charge >= 0.3 is 0 Å². The van der Waals surface area contributed by atoms with E-state index in [2.05, 4.69) is 20.8 Å². The van der Waals surface area contributed by atoms with Crippen molar-refractivity contribution in [2.24, 2.45) is 0 Å². The lowest BCUT2D eigenvalue weighted by Crippen LogP contribution is -2.27. The molecule has 0 aliphatic rings. The molecule has 0 aromatic heterocycles. The first-order valence-corrected chi connectivity index (χ1v) is 13.0. The maximum absolute atomic E-state index is 6.10. The van der Waals surface area contributed by atoms with Crippen LogP contribution < -0.4 is 0 Å².